The normalized spacial score (nSPS) is 19.4. The molecule has 2 amide bonds. The first-order valence-corrected chi connectivity index (χ1v) is 9.64. The van der Waals surface area contributed by atoms with E-state index < -0.39 is 12.1 Å². The first-order valence-electron chi connectivity index (χ1n) is 9.64. The predicted octanol–water partition coefficient (Wildman–Crippen LogP) is 2.71. The number of methoxy groups -OCH3 is 1. The Bertz CT molecular complexity index is 1080. The molecule has 0 saturated carbocycles. The van der Waals surface area contributed by atoms with Gasteiger partial charge in [-0.05, 0) is 30.3 Å². The van der Waals surface area contributed by atoms with Crippen LogP contribution in [-0.2, 0) is 4.79 Å². The van der Waals surface area contributed by atoms with Gasteiger partial charge in [0, 0.05) is 16.7 Å². The average Bonchev–Trinajstić information content (AvgIpc) is 3.09. The summed E-state index contributed by atoms with van der Waals surface area (Å²) in [5.41, 5.74) is 5.16. The molecule has 0 radical (unpaired) electrons. The summed E-state index contributed by atoms with van der Waals surface area (Å²) in [5.74, 6) is 0.159. The van der Waals surface area contributed by atoms with Crippen molar-refractivity contribution in [3.63, 3.8) is 0 Å². The van der Waals surface area contributed by atoms with Crippen LogP contribution in [0.25, 0.3) is 0 Å². The average molecular weight is 400 g/mol. The molecule has 3 aromatic rings. The Labute approximate surface area is 174 Å². The Morgan fingerprint density at radius 3 is 2.40 bits per heavy atom. The summed E-state index contributed by atoms with van der Waals surface area (Å²) < 4.78 is 7.03. The van der Waals surface area contributed by atoms with Crippen molar-refractivity contribution in [1.82, 2.24) is 10.7 Å². The molecule has 0 spiro atoms. The van der Waals surface area contributed by atoms with Gasteiger partial charge in [0.25, 0.3) is 5.91 Å². The molecule has 0 aliphatic carbocycles. The van der Waals surface area contributed by atoms with Crippen LogP contribution >= 0.6 is 0 Å². The zero-order chi connectivity index (χ0) is 20.9. The standard InChI is InChI=1S/C24H21N3O3/c1-30-20-14-8-9-17(15-20)16-27-22(18-10-4-2-5-11-18)21(24(29)26-27)25-23(28)19-12-6-3-7-13-19/h2-16,21-22H,1H3,(H-,25,26,28,29)/p+1/b27-16-/t21-,22+/m0/s1. The van der Waals surface area contributed by atoms with Gasteiger partial charge in [0.05, 0.1) is 7.11 Å². The minimum atomic E-state index is -0.748. The number of ether oxygens (including phenoxy) is 1. The van der Waals surface area contributed by atoms with E-state index in [0.717, 1.165) is 16.9 Å². The van der Waals surface area contributed by atoms with Gasteiger partial charge in [0.15, 0.2) is 6.04 Å². The molecule has 150 valence electrons. The van der Waals surface area contributed by atoms with Gasteiger partial charge in [0.2, 0.25) is 12.3 Å². The van der Waals surface area contributed by atoms with Crippen LogP contribution in [0.15, 0.2) is 84.9 Å². The first-order chi connectivity index (χ1) is 14.7. The number of nitrogens with one attached hydrogen (secondary N) is 2. The predicted molar refractivity (Wildman–Crippen MR) is 113 cm³/mol. The third-order valence-electron chi connectivity index (χ3n) is 4.98. The van der Waals surface area contributed by atoms with E-state index in [1.165, 1.54) is 0 Å². The van der Waals surface area contributed by atoms with Crippen molar-refractivity contribution in [3.8, 4) is 5.75 Å². The summed E-state index contributed by atoms with van der Waals surface area (Å²) in [4.78, 5) is 25.6. The molecule has 6 heteroatoms. The maximum Gasteiger partial charge on any atom is 0.304 e. The summed E-state index contributed by atoms with van der Waals surface area (Å²) in [6.07, 6.45) is 1.84. The molecular formula is C24H22N3O3+. The number of carbonyl (C=O) groups excluding carboxylic acids is 2. The van der Waals surface area contributed by atoms with Crippen LogP contribution in [0.4, 0.5) is 0 Å². The second-order valence-electron chi connectivity index (χ2n) is 6.96. The van der Waals surface area contributed by atoms with E-state index in [1.54, 1.807) is 36.1 Å². The monoisotopic (exact) mass is 400 g/mol. The quantitative estimate of drug-likeness (QED) is 0.647. The van der Waals surface area contributed by atoms with Gasteiger partial charge < -0.3 is 10.1 Å². The lowest BCUT2D eigenvalue weighted by Gasteiger charge is -2.14. The van der Waals surface area contributed by atoms with E-state index in [9.17, 15) is 9.59 Å². The van der Waals surface area contributed by atoms with Gasteiger partial charge in [0.1, 0.15) is 5.75 Å². The van der Waals surface area contributed by atoms with Crippen molar-refractivity contribution >= 4 is 18.0 Å². The topological polar surface area (TPSA) is 70.4 Å². The van der Waals surface area contributed by atoms with E-state index in [-0.39, 0.29) is 11.8 Å². The highest BCUT2D eigenvalue weighted by Gasteiger charge is 2.47. The highest BCUT2D eigenvalue weighted by atomic mass is 16.5. The smallest absolute Gasteiger partial charge is 0.304 e. The van der Waals surface area contributed by atoms with Gasteiger partial charge in [-0.15, -0.1) is 10.1 Å². The number of hydrogen-bond donors (Lipinski definition) is 2. The van der Waals surface area contributed by atoms with E-state index in [2.05, 4.69) is 10.7 Å². The van der Waals surface area contributed by atoms with Crippen molar-refractivity contribution in [1.29, 1.82) is 0 Å². The molecule has 30 heavy (non-hydrogen) atoms. The molecule has 2 atom stereocenters. The number of carbonyl (C=O) groups is 2. The first kappa shape index (κ1) is 19.4. The van der Waals surface area contributed by atoms with Crippen molar-refractivity contribution in [2.75, 3.05) is 7.11 Å². The second-order valence-corrected chi connectivity index (χ2v) is 6.96. The van der Waals surface area contributed by atoms with Crippen LogP contribution < -0.4 is 15.5 Å². The summed E-state index contributed by atoms with van der Waals surface area (Å²) in [6.45, 7) is 0. The van der Waals surface area contributed by atoms with Crippen LogP contribution in [0.5, 0.6) is 5.75 Å². The van der Waals surface area contributed by atoms with E-state index >= 15 is 0 Å². The number of hydrazine groups is 1. The van der Waals surface area contributed by atoms with Crippen LogP contribution in [0.1, 0.15) is 27.5 Å². The lowest BCUT2D eigenvalue weighted by atomic mass is 10.00. The third kappa shape index (κ3) is 4.07. The molecule has 1 aliphatic rings. The van der Waals surface area contributed by atoms with Gasteiger partial charge in [-0.3, -0.25) is 9.59 Å². The fourth-order valence-electron chi connectivity index (χ4n) is 3.53. The van der Waals surface area contributed by atoms with Crippen LogP contribution in [0.2, 0.25) is 0 Å². The molecule has 0 unspecified atom stereocenters. The molecule has 1 aliphatic heterocycles. The number of benzene rings is 3. The summed E-state index contributed by atoms with van der Waals surface area (Å²) in [6, 6.07) is 24.9. The van der Waals surface area contributed by atoms with Crippen molar-refractivity contribution in [3.05, 3.63) is 102 Å². The number of amides is 2. The Kier molecular flexibility index (Phi) is 5.57. The van der Waals surface area contributed by atoms with Crippen molar-refractivity contribution < 1.29 is 19.0 Å². The second kappa shape index (κ2) is 8.61. The van der Waals surface area contributed by atoms with Crippen molar-refractivity contribution in [2.24, 2.45) is 0 Å². The molecule has 0 bridgehead atoms. The number of nitrogens with zero attached hydrogens (tertiary/aromatic N) is 1. The van der Waals surface area contributed by atoms with Gasteiger partial charge in [-0.25, -0.2) is 0 Å². The molecule has 3 aromatic carbocycles. The minimum Gasteiger partial charge on any atom is -0.497 e. The molecule has 6 nitrogen and oxygen atoms in total. The lowest BCUT2D eigenvalue weighted by Crippen LogP contribution is -2.42. The zero-order valence-corrected chi connectivity index (χ0v) is 16.5. The maximum absolute atomic E-state index is 12.8. The van der Waals surface area contributed by atoms with Gasteiger partial charge in [-0.1, -0.05) is 54.6 Å². The number of rotatable bonds is 5. The summed E-state index contributed by atoms with van der Waals surface area (Å²) >= 11 is 0. The van der Waals surface area contributed by atoms with Gasteiger partial charge in [-0.2, -0.15) is 0 Å². The lowest BCUT2D eigenvalue weighted by molar-refractivity contribution is -0.596. The Morgan fingerprint density at radius 2 is 1.70 bits per heavy atom. The molecule has 2 N–H and O–H groups in total. The largest absolute Gasteiger partial charge is 0.497 e. The zero-order valence-electron chi connectivity index (χ0n) is 16.5. The molecule has 4 rings (SSSR count). The maximum atomic E-state index is 12.8. The highest BCUT2D eigenvalue weighted by molar-refractivity contribution is 5.98. The van der Waals surface area contributed by atoms with E-state index in [0.29, 0.717) is 5.56 Å². The molecule has 1 heterocycles. The van der Waals surface area contributed by atoms with E-state index in [1.807, 2.05) is 66.9 Å². The summed E-state index contributed by atoms with van der Waals surface area (Å²) in [7, 11) is 1.61. The van der Waals surface area contributed by atoms with Crippen LogP contribution in [0.3, 0.4) is 0 Å². The van der Waals surface area contributed by atoms with Crippen LogP contribution in [-0.4, -0.2) is 35.9 Å². The number of hydrogen-bond acceptors (Lipinski definition) is 3. The Balaban J connectivity index is 1.70. The molecule has 1 fully saturated rings. The van der Waals surface area contributed by atoms with Crippen molar-refractivity contribution in [2.45, 2.75) is 12.1 Å². The molecular weight excluding hydrogens is 378 g/mol. The SMILES string of the molecule is COc1cccc(/C=[N+]2\NC(=O)[C@@H](NC(=O)c3ccccc3)[C@H]2c2ccccc2)c1. The van der Waals surface area contributed by atoms with E-state index in [4.69, 9.17) is 4.74 Å². The Morgan fingerprint density at radius 1 is 1.00 bits per heavy atom. The number of hydrazone groups is 1. The highest BCUT2D eigenvalue weighted by Crippen LogP contribution is 2.25. The summed E-state index contributed by atoms with van der Waals surface area (Å²) in [5, 5.41) is 2.89. The third-order valence-corrected chi connectivity index (χ3v) is 4.98. The minimum absolute atomic E-state index is 0.271. The fourth-order valence-corrected chi connectivity index (χ4v) is 3.53. The van der Waals surface area contributed by atoms with Gasteiger partial charge >= 0.3 is 5.91 Å². The Hall–Kier alpha value is -3.93. The molecule has 1 saturated heterocycles. The fraction of sp³-hybridized carbons (Fsp3) is 0.125. The molecule has 0 aromatic heterocycles. The van der Waals surface area contributed by atoms with Crippen LogP contribution in [0, 0.1) is 0 Å².